The molecule has 4 N–H and O–H groups in total. The molecule has 0 amide bonds. The van der Waals surface area contributed by atoms with Crippen LogP contribution in [-0.4, -0.2) is 60.4 Å². The van der Waals surface area contributed by atoms with Crippen molar-refractivity contribution in [3.8, 4) is 22.5 Å². The fraction of sp³-hybridized carbons (Fsp3) is 0.300. The molecule has 6 nitrogen and oxygen atoms in total. The summed E-state index contributed by atoms with van der Waals surface area (Å²) < 4.78 is 14.6. The molecule has 3 heterocycles. The number of nitrogens with zero attached hydrogens (tertiary/aromatic N) is 2. The van der Waals surface area contributed by atoms with E-state index in [1.165, 1.54) is 5.56 Å². The number of hydrogen-bond donors (Lipinski definition) is 4. The molecule has 0 saturated carbocycles. The van der Waals surface area contributed by atoms with E-state index in [4.69, 9.17) is 0 Å². The Morgan fingerprint density at radius 2 is 1.84 bits per heavy atom. The van der Waals surface area contributed by atoms with E-state index < -0.39 is 0 Å². The summed E-state index contributed by atoms with van der Waals surface area (Å²) in [5.74, 6) is 0.331. The lowest BCUT2D eigenvalue weighted by atomic mass is 9.89. The summed E-state index contributed by atoms with van der Waals surface area (Å²) in [4.78, 5) is 5.67. The molecule has 6 rings (SSSR count). The molecule has 190 valence electrons. The first-order chi connectivity index (χ1) is 18.0. The summed E-state index contributed by atoms with van der Waals surface area (Å²) in [5.41, 5.74) is 7.91. The fourth-order valence-corrected chi connectivity index (χ4v) is 5.45. The molecule has 5 aromatic rings. The molecule has 1 fully saturated rings. The van der Waals surface area contributed by atoms with Gasteiger partial charge in [-0.05, 0) is 105 Å². The third-order valence-corrected chi connectivity index (χ3v) is 7.41. The first kappa shape index (κ1) is 23.7. The Morgan fingerprint density at radius 1 is 0.973 bits per heavy atom. The minimum atomic E-state index is -0.249. The van der Waals surface area contributed by atoms with Gasteiger partial charge in [0, 0.05) is 35.1 Å². The topological polar surface area (TPSA) is 71.8 Å². The average molecular weight is 497 g/mol. The van der Waals surface area contributed by atoms with E-state index >= 15 is 0 Å². The van der Waals surface area contributed by atoms with Crippen LogP contribution in [-0.2, 0) is 0 Å². The van der Waals surface area contributed by atoms with Crippen LogP contribution in [0.25, 0.3) is 44.3 Å². The highest BCUT2D eigenvalue weighted by Crippen LogP contribution is 2.36. The van der Waals surface area contributed by atoms with Crippen LogP contribution in [0.1, 0.15) is 24.3 Å². The highest BCUT2D eigenvalue weighted by atomic mass is 19.1. The van der Waals surface area contributed by atoms with Crippen LogP contribution in [0, 0.1) is 5.82 Å². The van der Waals surface area contributed by atoms with Crippen molar-refractivity contribution in [2.24, 2.45) is 0 Å². The number of rotatable bonds is 7. The maximum absolute atomic E-state index is 14.6. The molecule has 37 heavy (non-hydrogen) atoms. The van der Waals surface area contributed by atoms with Crippen LogP contribution < -0.4 is 10.6 Å². The molecule has 1 aliphatic heterocycles. The largest absolute Gasteiger partial charge is 0.384 e. The predicted octanol–water partition coefficient (Wildman–Crippen LogP) is 5.96. The number of aromatic nitrogens is 3. The molecule has 0 radical (unpaired) electrons. The molecule has 2 aromatic heterocycles. The summed E-state index contributed by atoms with van der Waals surface area (Å²) >= 11 is 0. The average Bonchev–Trinajstić information content (AvgIpc) is 3.52. The molecule has 0 aliphatic carbocycles. The summed E-state index contributed by atoms with van der Waals surface area (Å²) in [7, 11) is 4.05. The van der Waals surface area contributed by atoms with Crippen LogP contribution in [0.3, 0.4) is 0 Å². The van der Waals surface area contributed by atoms with Crippen molar-refractivity contribution in [1.82, 2.24) is 25.4 Å². The van der Waals surface area contributed by atoms with Crippen LogP contribution in [0.15, 0.2) is 60.7 Å². The Hall–Kier alpha value is -3.68. The molecule has 0 unspecified atom stereocenters. The van der Waals surface area contributed by atoms with Crippen molar-refractivity contribution in [2.75, 3.05) is 45.6 Å². The lowest BCUT2D eigenvalue weighted by molar-refractivity contribution is 0.425. The van der Waals surface area contributed by atoms with Crippen molar-refractivity contribution >= 4 is 27.5 Å². The maximum atomic E-state index is 14.6. The zero-order chi connectivity index (χ0) is 25.4. The number of hydrogen-bond acceptors (Lipinski definition) is 4. The van der Waals surface area contributed by atoms with Crippen molar-refractivity contribution in [1.29, 1.82) is 0 Å². The van der Waals surface area contributed by atoms with E-state index in [0.29, 0.717) is 5.92 Å². The SMILES string of the molecule is CN(C)CCNc1cc(F)cc(-c2cccc3[nH]c(-c4n[nH]c5ccc(C6CCNCC6)cc45)cc23)c1. The number of benzene rings is 3. The van der Waals surface area contributed by atoms with E-state index in [1.807, 2.05) is 26.2 Å². The number of nitrogens with one attached hydrogen (secondary N) is 4. The third-order valence-electron chi connectivity index (χ3n) is 7.41. The van der Waals surface area contributed by atoms with Crippen LogP contribution in [0.4, 0.5) is 10.1 Å². The van der Waals surface area contributed by atoms with Gasteiger partial charge in [-0.25, -0.2) is 4.39 Å². The van der Waals surface area contributed by atoms with Gasteiger partial charge in [-0.3, -0.25) is 5.10 Å². The van der Waals surface area contributed by atoms with Crippen LogP contribution in [0.2, 0.25) is 0 Å². The Balaban J connectivity index is 1.37. The van der Waals surface area contributed by atoms with Gasteiger partial charge >= 0.3 is 0 Å². The summed E-state index contributed by atoms with van der Waals surface area (Å²) in [6.45, 7) is 3.76. The van der Waals surface area contributed by atoms with Crippen molar-refractivity contribution in [2.45, 2.75) is 18.8 Å². The monoisotopic (exact) mass is 496 g/mol. The zero-order valence-electron chi connectivity index (χ0n) is 21.4. The van der Waals surface area contributed by atoms with Crippen molar-refractivity contribution in [3.63, 3.8) is 0 Å². The van der Waals surface area contributed by atoms with Gasteiger partial charge in [0.05, 0.1) is 11.2 Å². The van der Waals surface area contributed by atoms with Crippen molar-refractivity contribution < 1.29 is 4.39 Å². The zero-order valence-corrected chi connectivity index (χ0v) is 21.4. The normalized spacial score (nSPS) is 14.7. The number of anilines is 1. The van der Waals surface area contributed by atoms with E-state index in [9.17, 15) is 4.39 Å². The van der Waals surface area contributed by atoms with Crippen LogP contribution >= 0.6 is 0 Å². The molecule has 0 atom stereocenters. The van der Waals surface area contributed by atoms with Gasteiger partial charge in [0.2, 0.25) is 0 Å². The lowest BCUT2D eigenvalue weighted by Crippen LogP contribution is -2.26. The fourth-order valence-electron chi connectivity index (χ4n) is 5.45. The number of H-pyrrole nitrogens is 2. The molecule has 0 spiro atoms. The number of piperidine rings is 1. The van der Waals surface area contributed by atoms with Crippen molar-refractivity contribution in [3.05, 3.63) is 72.0 Å². The number of likely N-dealkylation sites (N-methyl/N-ethyl adjacent to an activating group) is 1. The number of halogens is 1. The van der Waals surface area contributed by atoms with E-state index in [1.54, 1.807) is 12.1 Å². The van der Waals surface area contributed by atoms with Gasteiger partial charge < -0.3 is 20.5 Å². The Kier molecular flexibility index (Phi) is 6.40. The number of aromatic amines is 2. The van der Waals surface area contributed by atoms with E-state index in [-0.39, 0.29) is 5.82 Å². The Bertz CT molecular complexity index is 1540. The number of fused-ring (bicyclic) bond motifs is 2. The van der Waals surface area contributed by atoms with Crippen LogP contribution in [0.5, 0.6) is 0 Å². The molecule has 7 heteroatoms. The highest BCUT2D eigenvalue weighted by Gasteiger charge is 2.18. The summed E-state index contributed by atoms with van der Waals surface area (Å²) in [6, 6.07) is 20.1. The molecular weight excluding hydrogens is 463 g/mol. The van der Waals surface area contributed by atoms with E-state index in [0.717, 1.165) is 89.0 Å². The van der Waals surface area contributed by atoms with E-state index in [2.05, 4.69) is 67.1 Å². The van der Waals surface area contributed by atoms with Gasteiger partial charge in [0.1, 0.15) is 11.5 Å². The van der Waals surface area contributed by atoms with Gasteiger partial charge in [0.15, 0.2) is 0 Å². The quantitative estimate of drug-likeness (QED) is 0.224. The molecule has 3 aromatic carbocycles. The predicted molar refractivity (Wildman–Crippen MR) is 151 cm³/mol. The smallest absolute Gasteiger partial charge is 0.125 e. The third kappa shape index (κ3) is 4.84. The molecule has 1 aliphatic rings. The second-order valence-electron chi connectivity index (χ2n) is 10.3. The van der Waals surface area contributed by atoms with Gasteiger partial charge in [-0.2, -0.15) is 5.10 Å². The molecule has 1 saturated heterocycles. The maximum Gasteiger partial charge on any atom is 0.125 e. The first-order valence-corrected chi connectivity index (χ1v) is 13.1. The summed E-state index contributed by atoms with van der Waals surface area (Å²) in [5, 5.41) is 16.9. The lowest BCUT2D eigenvalue weighted by Gasteiger charge is -2.23. The summed E-state index contributed by atoms with van der Waals surface area (Å²) in [6.07, 6.45) is 2.32. The second-order valence-corrected chi connectivity index (χ2v) is 10.3. The molecule has 0 bridgehead atoms. The minimum Gasteiger partial charge on any atom is -0.384 e. The molecular formula is C30H33FN6. The van der Waals surface area contributed by atoms with Gasteiger partial charge in [-0.15, -0.1) is 0 Å². The Labute approximate surface area is 216 Å². The first-order valence-electron chi connectivity index (χ1n) is 13.1. The van der Waals surface area contributed by atoms with Gasteiger partial charge in [-0.1, -0.05) is 18.2 Å². The standard InChI is InChI=1S/C30H33FN6/c1-37(2)13-12-33-23-15-21(14-22(31)17-23)24-4-3-5-27-25(24)18-29(34-27)30-26-16-20(6-7-28(26)35-36-30)19-8-10-32-11-9-19/h3-7,14-19,32-34H,8-13H2,1-2H3,(H,35,36). The Morgan fingerprint density at radius 3 is 2.68 bits per heavy atom. The van der Waals surface area contributed by atoms with Gasteiger partial charge in [0.25, 0.3) is 0 Å². The second kappa shape index (κ2) is 10.00. The highest BCUT2D eigenvalue weighted by molar-refractivity contribution is 6.01. The minimum absolute atomic E-state index is 0.249.